The molecule has 0 fully saturated rings. The van der Waals surface area contributed by atoms with Crippen LogP contribution >= 0.6 is 23.2 Å². The van der Waals surface area contributed by atoms with Gasteiger partial charge >= 0.3 is 0 Å². The maximum atomic E-state index is 12.4. The second kappa shape index (κ2) is 10.0. The molecule has 0 N–H and O–H groups in total. The van der Waals surface area contributed by atoms with Gasteiger partial charge in [0.25, 0.3) is 0 Å². The highest BCUT2D eigenvalue weighted by molar-refractivity contribution is 7.85. The van der Waals surface area contributed by atoms with Crippen LogP contribution in [0.1, 0.15) is 12.8 Å². The fourth-order valence-corrected chi connectivity index (χ4v) is 4.99. The van der Waals surface area contributed by atoms with Gasteiger partial charge in [-0.2, -0.15) is 10.5 Å². The van der Waals surface area contributed by atoms with Gasteiger partial charge in [-0.3, -0.25) is 8.42 Å². The van der Waals surface area contributed by atoms with Crippen molar-refractivity contribution in [2.75, 3.05) is 11.5 Å². The third-order valence-corrected chi connectivity index (χ3v) is 7.26. The molecule has 2 atom stereocenters. The number of hydrogen-bond acceptors (Lipinski definition) is 4. The summed E-state index contributed by atoms with van der Waals surface area (Å²) in [6.45, 7) is 0. The third kappa shape index (κ3) is 6.16. The maximum absolute atomic E-state index is 12.4. The van der Waals surface area contributed by atoms with Gasteiger partial charge in [0.15, 0.2) is 0 Å². The van der Waals surface area contributed by atoms with Crippen molar-refractivity contribution in [3.8, 4) is 12.1 Å². The zero-order valence-corrected chi connectivity index (χ0v) is 17.4. The molecule has 0 heterocycles. The third-order valence-electron chi connectivity index (χ3n) is 4.01. The molecular formula is C19H16Cl2N2O2S2. The van der Waals surface area contributed by atoms with E-state index in [0.717, 1.165) is 0 Å². The average Bonchev–Trinajstić information content (AvgIpc) is 2.69. The predicted octanol–water partition coefficient (Wildman–Crippen LogP) is 4.72. The second-order valence-electron chi connectivity index (χ2n) is 5.81. The molecule has 27 heavy (non-hydrogen) atoms. The summed E-state index contributed by atoms with van der Waals surface area (Å²) in [7, 11) is -2.69. The standard InChI is InChI=1S/C19H16Cl2N2O2S2/c20-15-1-5-17(6-2-15)26(24)11-9-19(13-22,14-23)10-12-27(25)18-7-3-16(21)4-8-18/h1-8H,9-12H2. The van der Waals surface area contributed by atoms with Crippen LogP contribution in [-0.4, -0.2) is 19.9 Å². The lowest BCUT2D eigenvalue weighted by atomic mass is 9.86. The van der Waals surface area contributed by atoms with Crippen LogP contribution < -0.4 is 0 Å². The van der Waals surface area contributed by atoms with Crippen molar-refractivity contribution in [1.29, 1.82) is 10.5 Å². The minimum atomic E-state index is -1.35. The molecule has 0 aliphatic carbocycles. The van der Waals surface area contributed by atoms with E-state index in [1.807, 2.05) is 12.1 Å². The first-order chi connectivity index (χ1) is 12.9. The summed E-state index contributed by atoms with van der Waals surface area (Å²) in [5, 5.41) is 20.1. The first-order valence-electron chi connectivity index (χ1n) is 7.99. The normalized spacial score (nSPS) is 13.3. The minimum Gasteiger partial charge on any atom is -0.254 e. The first-order valence-corrected chi connectivity index (χ1v) is 11.4. The van der Waals surface area contributed by atoms with Crippen LogP contribution in [0.25, 0.3) is 0 Å². The second-order valence-corrected chi connectivity index (χ2v) is 9.83. The summed E-state index contributed by atoms with van der Waals surface area (Å²) in [4.78, 5) is 1.18. The lowest BCUT2D eigenvalue weighted by molar-refractivity contribution is 0.487. The van der Waals surface area contributed by atoms with E-state index in [-0.39, 0.29) is 24.3 Å². The van der Waals surface area contributed by atoms with Crippen molar-refractivity contribution < 1.29 is 8.42 Å². The average molecular weight is 439 g/mol. The lowest BCUT2D eigenvalue weighted by Gasteiger charge is -2.18. The van der Waals surface area contributed by atoms with Crippen LogP contribution in [0.3, 0.4) is 0 Å². The monoisotopic (exact) mass is 438 g/mol. The van der Waals surface area contributed by atoms with Crippen LogP contribution in [0.2, 0.25) is 10.0 Å². The predicted molar refractivity (Wildman–Crippen MR) is 108 cm³/mol. The Morgan fingerprint density at radius 3 is 1.37 bits per heavy atom. The summed E-state index contributed by atoms with van der Waals surface area (Å²) < 4.78 is 24.8. The van der Waals surface area contributed by atoms with E-state index >= 15 is 0 Å². The molecule has 0 aliphatic rings. The summed E-state index contributed by atoms with van der Waals surface area (Å²) >= 11 is 11.6. The van der Waals surface area contributed by atoms with Crippen LogP contribution in [0, 0.1) is 28.1 Å². The fraction of sp³-hybridized carbons (Fsp3) is 0.263. The Bertz CT molecular complexity index is 839. The zero-order valence-electron chi connectivity index (χ0n) is 14.2. The smallest absolute Gasteiger partial charge is 0.145 e. The van der Waals surface area contributed by atoms with E-state index in [9.17, 15) is 18.9 Å². The van der Waals surface area contributed by atoms with Gasteiger partial charge in [0, 0.05) is 31.3 Å². The van der Waals surface area contributed by atoms with E-state index in [4.69, 9.17) is 23.2 Å². The van der Waals surface area contributed by atoms with E-state index in [1.165, 1.54) is 0 Å². The number of hydrogen-bond donors (Lipinski definition) is 0. The quantitative estimate of drug-likeness (QED) is 0.596. The molecule has 2 unspecified atom stereocenters. The van der Waals surface area contributed by atoms with Gasteiger partial charge in [-0.05, 0) is 61.4 Å². The SMILES string of the molecule is N#CC(C#N)(CCS(=O)c1ccc(Cl)cc1)CCS(=O)c1ccc(Cl)cc1. The molecule has 2 aromatic rings. The molecular weight excluding hydrogens is 423 g/mol. The molecule has 0 radical (unpaired) electrons. The largest absolute Gasteiger partial charge is 0.254 e. The molecule has 0 saturated heterocycles. The van der Waals surface area contributed by atoms with Crippen molar-refractivity contribution >= 4 is 44.8 Å². The molecule has 0 amide bonds. The highest BCUT2D eigenvalue weighted by Crippen LogP contribution is 2.28. The van der Waals surface area contributed by atoms with Crippen molar-refractivity contribution in [3.05, 3.63) is 58.6 Å². The van der Waals surface area contributed by atoms with E-state index in [1.54, 1.807) is 48.5 Å². The Morgan fingerprint density at radius 1 is 0.741 bits per heavy atom. The highest BCUT2D eigenvalue weighted by Gasteiger charge is 2.31. The van der Waals surface area contributed by atoms with Crippen LogP contribution in [0.4, 0.5) is 0 Å². The Labute approximate surface area is 173 Å². The molecule has 0 bridgehead atoms. The first kappa shape index (κ1) is 21.6. The fourth-order valence-electron chi connectivity index (χ4n) is 2.32. The summed E-state index contributed by atoms with van der Waals surface area (Å²) in [6.07, 6.45) is 0.264. The summed E-state index contributed by atoms with van der Waals surface area (Å²) in [6, 6.07) is 17.3. The highest BCUT2D eigenvalue weighted by atomic mass is 35.5. The summed E-state index contributed by atoms with van der Waals surface area (Å²) in [5.41, 5.74) is -1.33. The molecule has 0 aromatic heterocycles. The van der Waals surface area contributed by atoms with E-state index in [2.05, 4.69) is 0 Å². The number of benzene rings is 2. The van der Waals surface area contributed by atoms with Crippen molar-refractivity contribution in [2.24, 2.45) is 5.41 Å². The Morgan fingerprint density at radius 2 is 1.07 bits per heavy atom. The van der Waals surface area contributed by atoms with E-state index < -0.39 is 27.0 Å². The van der Waals surface area contributed by atoms with Crippen LogP contribution in [0.15, 0.2) is 58.3 Å². The minimum absolute atomic E-state index is 0.132. The summed E-state index contributed by atoms with van der Waals surface area (Å²) in [5.74, 6) is 0.326. The van der Waals surface area contributed by atoms with Gasteiger partial charge in [-0.25, -0.2) is 0 Å². The molecule has 8 heteroatoms. The molecule has 2 rings (SSSR count). The zero-order chi connectivity index (χ0) is 19.9. The molecule has 0 aliphatic heterocycles. The molecule has 0 saturated carbocycles. The van der Waals surface area contributed by atoms with Crippen LogP contribution in [-0.2, 0) is 21.6 Å². The topological polar surface area (TPSA) is 81.7 Å². The van der Waals surface area contributed by atoms with Gasteiger partial charge in [0.2, 0.25) is 0 Å². The molecule has 140 valence electrons. The Balaban J connectivity index is 2.00. The van der Waals surface area contributed by atoms with Crippen LogP contribution in [0.5, 0.6) is 0 Å². The maximum Gasteiger partial charge on any atom is 0.145 e. The number of rotatable bonds is 8. The Hall–Kier alpha value is -1.70. The lowest BCUT2D eigenvalue weighted by Crippen LogP contribution is -2.22. The van der Waals surface area contributed by atoms with Crippen molar-refractivity contribution in [3.63, 3.8) is 0 Å². The van der Waals surface area contributed by atoms with Crippen molar-refractivity contribution in [1.82, 2.24) is 0 Å². The Kier molecular flexibility index (Phi) is 8.01. The molecule has 2 aromatic carbocycles. The van der Waals surface area contributed by atoms with Crippen molar-refractivity contribution in [2.45, 2.75) is 22.6 Å². The number of nitriles is 2. The molecule has 4 nitrogen and oxygen atoms in total. The van der Waals surface area contributed by atoms with Gasteiger partial charge in [0.05, 0.1) is 33.7 Å². The number of nitrogens with zero attached hydrogens (tertiary/aromatic N) is 2. The van der Waals surface area contributed by atoms with Gasteiger partial charge in [-0.1, -0.05) is 23.2 Å². The number of halogens is 2. The molecule has 0 spiro atoms. The van der Waals surface area contributed by atoms with Gasteiger partial charge < -0.3 is 0 Å². The van der Waals surface area contributed by atoms with Gasteiger partial charge in [-0.15, -0.1) is 0 Å². The van der Waals surface area contributed by atoms with Gasteiger partial charge in [0.1, 0.15) is 5.41 Å². The van der Waals surface area contributed by atoms with E-state index in [0.29, 0.717) is 19.8 Å².